The van der Waals surface area contributed by atoms with Gasteiger partial charge in [-0.2, -0.15) is 4.98 Å². The Balaban J connectivity index is 1.46. The lowest BCUT2D eigenvalue weighted by molar-refractivity contribution is -0.150. The van der Waals surface area contributed by atoms with Gasteiger partial charge in [0.15, 0.2) is 0 Å². The summed E-state index contributed by atoms with van der Waals surface area (Å²) >= 11 is 0. The first-order valence-electron chi connectivity index (χ1n) is 8.78. The molecule has 0 saturated carbocycles. The van der Waals surface area contributed by atoms with E-state index >= 15 is 0 Å². The number of piperidine rings is 1. The lowest BCUT2D eigenvalue weighted by Gasteiger charge is -2.29. The van der Waals surface area contributed by atoms with Crippen molar-refractivity contribution in [2.45, 2.75) is 25.4 Å². The Kier molecular flexibility index (Phi) is 4.45. The maximum Gasteiger partial charge on any atom is 0.277 e. The molecule has 0 aromatic carbocycles. The molecule has 0 spiro atoms. The van der Waals surface area contributed by atoms with E-state index in [4.69, 9.17) is 4.52 Å². The molecule has 150 valence electrons. The van der Waals surface area contributed by atoms with E-state index in [-0.39, 0.29) is 31.0 Å². The highest BCUT2D eigenvalue weighted by molar-refractivity contribution is 6.18. The van der Waals surface area contributed by atoms with Crippen LogP contribution in [0.4, 0.5) is 0 Å². The summed E-state index contributed by atoms with van der Waals surface area (Å²) in [5.41, 5.74) is 0.637. The van der Waals surface area contributed by atoms with Crippen LogP contribution in [-0.2, 0) is 32.8 Å². The minimum absolute atomic E-state index is 0.0664. The maximum atomic E-state index is 12.8. The first kappa shape index (κ1) is 18.5. The molecule has 1 atom stereocenters. The van der Waals surface area contributed by atoms with Gasteiger partial charge >= 0.3 is 0 Å². The van der Waals surface area contributed by atoms with Crippen LogP contribution in [0.3, 0.4) is 0 Å². The molecule has 1 fully saturated rings. The number of aromatic nitrogens is 4. The van der Waals surface area contributed by atoms with Crippen LogP contribution in [0.5, 0.6) is 0 Å². The molecule has 1 unspecified atom stereocenters. The largest absolute Gasteiger partial charge is 0.361 e. The van der Waals surface area contributed by atoms with E-state index in [0.717, 1.165) is 11.0 Å². The zero-order chi connectivity index (χ0) is 20.7. The standard InChI is InChI=1S/C17H17N7O5/c1-22-6-9(18-8-22)15-20-13(29-21-15)7-23(2)11-5-14(26)24(17(11)28)10-3-4-12(25)19-16(10)27/h5-6,8,10H,3-4,7H2,1-2H3,(H,19,25,27). The summed E-state index contributed by atoms with van der Waals surface area (Å²) in [6.45, 7) is 0.0773. The monoisotopic (exact) mass is 399 g/mol. The Bertz CT molecular complexity index is 1050. The third-order valence-corrected chi connectivity index (χ3v) is 4.64. The molecule has 2 aromatic rings. The number of nitrogens with zero attached hydrogens (tertiary/aromatic N) is 6. The van der Waals surface area contributed by atoms with Gasteiger partial charge in [0.1, 0.15) is 17.4 Å². The average Bonchev–Trinajstić information content (AvgIpc) is 3.36. The fourth-order valence-electron chi connectivity index (χ4n) is 3.21. The molecular formula is C17H17N7O5. The van der Waals surface area contributed by atoms with Gasteiger partial charge in [0.05, 0.1) is 12.9 Å². The lowest BCUT2D eigenvalue weighted by atomic mass is 10.0. The molecule has 1 N–H and O–H groups in total. The number of carbonyl (C=O) groups is 4. The Hall–Kier alpha value is -3.83. The average molecular weight is 399 g/mol. The molecule has 4 heterocycles. The van der Waals surface area contributed by atoms with E-state index in [1.165, 1.54) is 4.90 Å². The van der Waals surface area contributed by atoms with Crippen LogP contribution in [0.1, 0.15) is 18.7 Å². The van der Waals surface area contributed by atoms with E-state index < -0.39 is 29.7 Å². The first-order valence-corrected chi connectivity index (χ1v) is 8.78. The van der Waals surface area contributed by atoms with Crippen LogP contribution < -0.4 is 5.32 Å². The third-order valence-electron chi connectivity index (χ3n) is 4.64. The summed E-state index contributed by atoms with van der Waals surface area (Å²) in [5.74, 6) is -1.76. The third kappa shape index (κ3) is 3.39. The summed E-state index contributed by atoms with van der Waals surface area (Å²) in [4.78, 5) is 59.2. The van der Waals surface area contributed by atoms with Gasteiger partial charge in [0.2, 0.25) is 23.5 Å². The zero-order valence-corrected chi connectivity index (χ0v) is 15.7. The first-order chi connectivity index (χ1) is 13.8. The minimum Gasteiger partial charge on any atom is -0.361 e. The summed E-state index contributed by atoms with van der Waals surface area (Å²) in [7, 11) is 3.41. The highest BCUT2D eigenvalue weighted by atomic mass is 16.5. The number of likely N-dealkylation sites (N-methyl/N-ethyl adjacent to an activating group) is 1. The van der Waals surface area contributed by atoms with Gasteiger partial charge in [0.25, 0.3) is 11.8 Å². The molecule has 12 heteroatoms. The van der Waals surface area contributed by atoms with Crippen molar-refractivity contribution in [1.29, 1.82) is 0 Å². The van der Waals surface area contributed by atoms with Gasteiger partial charge in [-0.1, -0.05) is 5.16 Å². The zero-order valence-electron chi connectivity index (χ0n) is 15.7. The number of carbonyl (C=O) groups excluding carboxylic acids is 4. The second-order valence-electron chi connectivity index (χ2n) is 6.80. The molecule has 0 aliphatic carbocycles. The molecule has 1 saturated heterocycles. The predicted octanol–water partition coefficient (Wildman–Crippen LogP) is -1.04. The molecule has 0 bridgehead atoms. The molecule has 29 heavy (non-hydrogen) atoms. The van der Waals surface area contributed by atoms with Crippen molar-refractivity contribution in [3.05, 3.63) is 30.2 Å². The summed E-state index contributed by atoms with van der Waals surface area (Å²) in [5, 5.41) is 6.01. The van der Waals surface area contributed by atoms with Crippen LogP contribution in [0.15, 0.2) is 28.8 Å². The molecule has 4 rings (SSSR count). The number of amides is 4. The number of rotatable bonds is 5. The predicted molar refractivity (Wildman–Crippen MR) is 94.1 cm³/mol. The van der Waals surface area contributed by atoms with Crippen molar-refractivity contribution in [2.24, 2.45) is 7.05 Å². The smallest absolute Gasteiger partial charge is 0.277 e. The van der Waals surface area contributed by atoms with Gasteiger partial charge in [-0.25, -0.2) is 4.98 Å². The molecule has 4 amide bonds. The minimum atomic E-state index is -1.01. The van der Waals surface area contributed by atoms with E-state index in [1.54, 1.807) is 24.1 Å². The Morgan fingerprint density at radius 2 is 2.10 bits per heavy atom. The fourth-order valence-corrected chi connectivity index (χ4v) is 3.21. The Labute approximate surface area is 164 Å². The van der Waals surface area contributed by atoms with Crippen molar-refractivity contribution in [2.75, 3.05) is 7.05 Å². The van der Waals surface area contributed by atoms with Gasteiger partial charge in [0, 0.05) is 32.8 Å². The second-order valence-corrected chi connectivity index (χ2v) is 6.80. The molecule has 0 radical (unpaired) electrons. The summed E-state index contributed by atoms with van der Waals surface area (Å²) in [6.07, 6.45) is 4.66. The van der Waals surface area contributed by atoms with Crippen LogP contribution in [0.25, 0.3) is 11.5 Å². The molecule has 2 aliphatic heterocycles. The van der Waals surface area contributed by atoms with Gasteiger partial charge < -0.3 is 14.0 Å². The van der Waals surface area contributed by atoms with Gasteiger partial charge in [-0.15, -0.1) is 0 Å². The Morgan fingerprint density at radius 3 is 2.79 bits per heavy atom. The number of hydrogen-bond acceptors (Lipinski definition) is 9. The number of aryl methyl sites for hydroxylation is 1. The van der Waals surface area contributed by atoms with Crippen LogP contribution in [0, 0.1) is 0 Å². The number of imide groups is 2. The number of nitrogens with one attached hydrogen (secondary N) is 1. The highest BCUT2D eigenvalue weighted by Gasteiger charge is 2.43. The van der Waals surface area contributed by atoms with E-state index in [1.807, 2.05) is 7.05 Å². The number of imidazole rings is 1. The quantitative estimate of drug-likeness (QED) is 0.623. The van der Waals surface area contributed by atoms with Gasteiger partial charge in [-0.05, 0) is 6.42 Å². The van der Waals surface area contributed by atoms with Crippen LogP contribution in [0.2, 0.25) is 0 Å². The van der Waals surface area contributed by atoms with Crippen molar-refractivity contribution in [3.63, 3.8) is 0 Å². The molecule has 12 nitrogen and oxygen atoms in total. The van der Waals surface area contributed by atoms with Crippen molar-refractivity contribution >= 4 is 23.6 Å². The summed E-state index contributed by atoms with van der Waals surface area (Å²) in [6, 6.07) is -1.01. The SMILES string of the molecule is CN(Cc1nc(-c2cn(C)cn2)no1)C1=CC(=O)N(C2CCC(=O)NC2=O)C1=O. The van der Waals surface area contributed by atoms with E-state index in [0.29, 0.717) is 11.5 Å². The molecule has 2 aliphatic rings. The summed E-state index contributed by atoms with van der Waals surface area (Å²) < 4.78 is 6.95. The van der Waals surface area contributed by atoms with E-state index in [2.05, 4.69) is 20.4 Å². The normalized spacial score (nSPS) is 19.6. The topological polar surface area (TPSA) is 144 Å². The van der Waals surface area contributed by atoms with Crippen LogP contribution in [-0.4, -0.2) is 66.2 Å². The van der Waals surface area contributed by atoms with E-state index in [9.17, 15) is 19.2 Å². The maximum absolute atomic E-state index is 12.8. The van der Waals surface area contributed by atoms with Crippen molar-refractivity contribution in [1.82, 2.24) is 34.8 Å². The van der Waals surface area contributed by atoms with Gasteiger partial charge in [-0.3, -0.25) is 29.4 Å². The molecule has 2 aromatic heterocycles. The lowest BCUT2D eigenvalue weighted by Crippen LogP contribution is -2.54. The molecular weight excluding hydrogens is 382 g/mol. The highest BCUT2D eigenvalue weighted by Crippen LogP contribution is 2.24. The Morgan fingerprint density at radius 1 is 1.31 bits per heavy atom. The fraction of sp³-hybridized carbons (Fsp3) is 0.353. The van der Waals surface area contributed by atoms with Crippen molar-refractivity contribution < 1.29 is 23.7 Å². The second kappa shape index (κ2) is 6.96. The van der Waals surface area contributed by atoms with Crippen molar-refractivity contribution in [3.8, 4) is 11.5 Å². The number of hydrogen-bond donors (Lipinski definition) is 1. The van der Waals surface area contributed by atoms with Crippen LogP contribution >= 0.6 is 0 Å².